The average molecular weight is 325 g/mol. The van der Waals surface area contributed by atoms with Crippen LogP contribution in [-0.2, 0) is 9.53 Å². The Labute approximate surface area is 140 Å². The summed E-state index contributed by atoms with van der Waals surface area (Å²) in [5.74, 6) is -0.645. The lowest BCUT2D eigenvalue weighted by molar-refractivity contribution is -0.119. The molecule has 6 heteroatoms. The molecule has 0 heterocycles. The number of hydrogen-bond donors (Lipinski definition) is 2. The van der Waals surface area contributed by atoms with E-state index in [0.29, 0.717) is 5.56 Å². The van der Waals surface area contributed by atoms with E-state index in [1.54, 1.807) is 24.3 Å². The van der Waals surface area contributed by atoms with Gasteiger partial charge in [-0.25, -0.2) is 10.2 Å². The van der Waals surface area contributed by atoms with Crippen LogP contribution in [0.15, 0.2) is 53.6 Å². The van der Waals surface area contributed by atoms with Crippen molar-refractivity contribution in [3.63, 3.8) is 0 Å². The standard InChI is InChI=1S/C18H19N3O3/c1-13-4-3-5-16(10-13)19-12-17(22)21-20-11-14-6-8-15(9-7-14)18(23)24-2/h3-11,19H,12H2,1-2H3,(H,21,22)/b20-11-. The predicted octanol–water partition coefficient (Wildman–Crippen LogP) is 2.34. The lowest BCUT2D eigenvalue weighted by Gasteiger charge is -2.05. The van der Waals surface area contributed by atoms with Crippen molar-refractivity contribution in [2.24, 2.45) is 5.10 Å². The Kier molecular flexibility index (Phi) is 6.08. The first-order valence-corrected chi connectivity index (χ1v) is 7.39. The quantitative estimate of drug-likeness (QED) is 0.485. The highest BCUT2D eigenvalue weighted by Gasteiger charge is 2.03. The van der Waals surface area contributed by atoms with Gasteiger partial charge in [-0.1, -0.05) is 24.3 Å². The molecule has 124 valence electrons. The zero-order chi connectivity index (χ0) is 17.4. The van der Waals surface area contributed by atoms with Crippen molar-refractivity contribution < 1.29 is 14.3 Å². The average Bonchev–Trinajstić information content (AvgIpc) is 2.60. The van der Waals surface area contributed by atoms with Gasteiger partial charge in [-0.2, -0.15) is 5.10 Å². The highest BCUT2D eigenvalue weighted by atomic mass is 16.5. The summed E-state index contributed by atoms with van der Waals surface area (Å²) in [6.07, 6.45) is 1.51. The van der Waals surface area contributed by atoms with Gasteiger partial charge in [-0.3, -0.25) is 4.79 Å². The van der Waals surface area contributed by atoms with Crippen LogP contribution in [0.25, 0.3) is 0 Å². The number of aryl methyl sites for hydroxylation is 1. The van der Waals surface area contributed by atoms with E-state index in [0.717, 1.165) is 16.8 Å². The number of hydrogen-bond acceptors (Lipinski definition) is 5. The molecule has 0 saturated carbocycles. The van der Waals surface area contributed by atoms with Gasteiger partial charge in [0, 0.05) is 5.69 Å². The van der Waals surface area contributed by atoms with Crippen LogP contribution in [0.1, 0.15) is 21.5 Å². The molecule has 0 spiro atoms. The molecule has 0 unspecified atom stereocenters. The van der Waals surface area contributed by atoms with Gasteiger partial charge >= 0.3 is 5.97 Å². The van der Waals surface area contributed by atoms with E-state index in [-0.39, 0.29) is 12.5 Å². The molecule has 0 aliphatic heterocycles. The van der Waals surface area contributed by atoms with Crippen LogP contribution in [0.5, 0.6) is 0 Å². The van der Waals surface area contributed by atoms with E-state index in [9.17, 15) is 9.59 Å². The Hall–Kier alpha value is -3.15. The van der Waals surface area contributed by atoms with Crippen molar-refractivity contribution in [2.75, 3.05) is 19.0 Å². The van der Waals surface area contributed by atoms with Crippen LogP contribution in [0.3, 0.4) is 0 Å². The summed E-state index contributed by atoms with van der Waals surface area (Å²) in [7, 11) is 1.33. The maximum Gasteiger partial charge on any atom is 0.337 e. The van der Waals surface area contributed by atoms with Crippen molar-refractivity contribution in [1.29, 1.82) is 0 Å². The molecule has 1 amide bonds. The SMILES string of the molecule is COC(=O)c1ccc(/C=N\NC(=O)CNc2cccc(C)c2)cc1. The molecule has 0 fully saturated rings. The van der Waals surface area contributed by atoms with Gasteiger partial charge in [0.2, 0.25) is 0 Å². The third-order valence-corrected chi connectivity index (χ3v) is 3.21. The summed E-state index contributed by atoms with van der Waals surface area (Å²) in [4.78, 5) is 23.0. The molecule has 2 aromatic carbocycles. The Bertz CT molecular complexity index is 739. The molecule has 2 N–H and O–H groups in total. The second-order valence-corrected chi connectivity index (χ2v) is 5.13. The van der Waals surface area contributed by atoms with Crippen molar-refractivity contribution in [3.05, 3.63) is 65.2 Å². The van der Waals surface area contributed by atoms with E-state index in [1.165, 1.54) is 13.3 Å². The minimum absolute atomic E-state index is 0.127. The lowest BCUT2D eigenvalue weighted by atomic mass is 10.1. The van der Waals surface area contributed by atoms with Gasteiger partial charge < -0.3 is 10.1 Å². The third-order valence-electron chi connectivity index (χ3n) is 3.21. The zero-order valence-electron chi connectivity index (χ0n) is 13.6. The third kappa shape index (κ3) is 5.24. The highest BCUT2D eigenvalue weighted by molar-refractivity contribution is 5.91. The van der Waals surface area contributed by atoms with E-state index in [2.05, 4.69) is 20.6 Å². The molecule has 24 heavy (non-hydrogen) atoms. The number of anilines is 1. The van der Waals surface area contributed by atoms with Crippen molar-refractivity contribution in [2.45, 2.75) is 6.92 Å². The maximum absolute atomic E-state index is 11.7. The normalized spacial score (nSPS) is 10.4. The first-order chi connectivity index (χ1) is 11.6. The number of methoxy groups -OCH3 is 1. The lowest BCUT2D eigenvalue weighted by Crippen LogP contribution is -2.25. The Morgan fingerprint density at radius 2 is 1.92 bits per heavy atom. The van der Waals surface area contributed by atoms with Gasteiger partial charge in [0.1, 0.15) is 0 Å². The summed E-state index contributed by atoms with van der Waals surface area (Å²) in [5.41, 5.74) is 5.66. The summed E-state index contributed by atoms with van der Waals surface area (Å²) in [6, 6.07) is 14.5. The van der Waals surface area contributed by atoms with Crippen LogP contribution in [0, 0.1) is 6.92 Å². The van der Waals surface area contributed by atoms with E-state index in [4.69, 9.17) is 0 Å². The molecule has 0 aliphatic rings. The minimum Gasteiger partial charge on any atom is -0.465 e. The molecule has 0 aliphatic carbocycles. The fraction of sp³-hybridized carbons (Fsp3) is 0.167. The Morgan fingerprint density at radius 3 is 2.58 bits per heavy atom. The van der Waals surface area contributed by atoms with Gasteiger partial charge in [-0.05, 0) is 42.3 Å². The molecule has 2 rings (SSSR count). The van der Waals surface area contributed by atoms with E-state index in [1.807, 2.05) is 31.2 Å². The summed E-state index contributed by atoms with van der Waals surface area (Å²) in [5, 5.41) is 6.91. The predicted molar refractivity (Wildman–Crippen MR) is 93.2 cm³/mol. The zero-order valence-corrected chi connectivity index (χ0v) is 13.6. The van der Waals surface area contributed by atoms with Gasteiger partial charge in [-0.15, -0.1) is 0 Å². The second kappa shape index (κ2) is 8.47. The van der Waals surface area contributed by atoms with Crippen LogP contribution in [0.4, 0.5) is 5.69 Å². The summed E-state index contributed by atoms with van der Waals surface area (Å²) < 4.78 is 4.62. The molecule has 2 aromatic rings. The smallest absolute Gasteiger partial charge is 0.337 e. The van der Waals surface area contributed by atoms with Crippen molar-refractivity contribution >= 4 is 23.8 Å². The Balaban J connectivity index is 1.80. The largest absolute Gasteiger partial charge is 0.465 e. The number of amides is 1. The van der Waals surface area contributed by atoms with Crippen LogP contribution in [-0.4, -0.2) is 31.7 Å². The minimum atomic E-state index is -0.394. The van der Waals surface area contributed by atoms with E-state index < -0.39 is 5.97 Å². The number of nitrogens with zero attached hydrogens (tertiary/aromatic N) is 1. The number of benzene rings is 2. The number of rotatable bonds is 6. The summed E-state index contributed by atoms with van der Waals surface area (Å²) in [6.45, 7) is 2.11. The first-order valence-electron chi connectivity index (χ1n) is 7.39. The fourth-order valence-corrected chi connectivity index (χ4v) is 1.98. The van der Waals surface area contributed by atoms with Gasteiger partial charge in [0.25, 0.3) is 5.91 Å². The maximum atomic E-state index is 11.7. The van der Waals surface area contributed by atoms with Gasteiger partial charge in [0.15, 0.2) is 0 Å². The number of ether oxygens (including phenoxy) is 1. The molecular formula is C18H19N3O3. The number of nitrogens with one attached hydrogen (secondary N) is 2. The fourth-order valence-electron chi connectivity index (χ4n) is 1.98. The number of hydrazone groups is 1. The highest BCUT2D eigenvalue weighted by Crippen LogP contribution is 2.08. The van der Waals surface area contributed by atoms with Crippen LogP contribution in [0.2, 0.25) is 0 Å². The molecule has 0 saturated heterocycles. The van der Waals surface area contributed by atoms with Gasteiger partial charge in [0.05, 0.1) is 25.4 Å². The number of carbonyl (C=O) groups is 2. The number of esters is 1. The molecule has 0 radical (unpaired) electrons. The van der Waals surface area contributed by atoms with Crippen LogP contribution < -0.4 is 10.7 Å². The Morgan fingerprint density at radius 1 is 1.17 bits per heavy atom. The monoisotopic (exact) mass is 325 g/mol. The van der Waals surface area contributed by atoms with Crippen molar-refractivity contribution in [3.8, 4) is 0 Å². The molecule has 0 bridgehead atoms. The molecule has 6 nitrogen and oxygen atoms in total. The topological polar surface area (TPSA) is 79.8 Å². The van der Waals surface area contributed by atoms with E-state index >= 15 is 0 Å². The molecule has 0 atom stereocenters. The summed E-state index contributed by atoms with van der Waals surface area (Å²) >= 11 is 0. The molecule has 0 aromatic heterocycles. The van der Waals surface area contributed by atoms with Crippen LogP contribution >= 0.6 is 0 Å². The second-order valence-electron chi connectivity index (χ2n) is 5.13. The molecular weight excluding hydrogens is 306 g/mol. The number of carbonyl (C=O) groups excluding carboxylic acids is 2. The first kappa shape index (κ1) is 17.2. The van der Waals surface area contributed by atoms with Crippen molar-refractivity contribution in [1.82, 2.24) is 5.43 Å².